The molecule has 16 heavy (non-hydrogen) atoms. The minimum Gasteiger partial charge on any atom is -0.494 e. The quantitative estimate of drug-likeness (QED) is 0.776. The molecule has 2 rings (SSSR count). The number of fused-ring (bicyclic) bond motifs is 1. The summed E-state index contributed by atoms with van der Waals surface area (Å²) in [6.45, 7) is 6.26. The smallest absolute Gasteiger partial charge is 0.160 e. The summed E-state index contributed by atoms with van der Waals surface area (Å²) in [7, 11) is 0. The lowest BCUT2D eigenvalue weighted by atomic mass is 10.0. The lowest BCUT2D eigenvalue weighted by Gasteiger charge is -2.07. The second kappa shape index (κ2) is 4.12. The van der Waals surface area contributed by atoms with Gasteiger partial charge in [-0.3, -0.25) is 4.79 Å². The predicted molar refractivity (Wildman–Crippen MR) is 64.6 cm³/mol. The Balaban J connectivity index is 2.46. The lowest BCUT2D eigenvalue weighted by Crippen LogP contribution is -1.97. The first-order chi connectivity index (χ1) is 7.63. The van der Waals surface area contributed by atoms with Crippen molar-refractivity contribution in [3.63, 3.8) is 0 Å². The number of hydrogen-bond acceptors (Lipinski definition) is 2. The van der Waals surface area contributed by atoms with Gasteiger partial charge in [0.15, 0.2) is 5.78 Å². The van der Waals surface area contributed by atoms with Gasteiger partial charge in [-0.25, -0.2) is 0 Å². The van der Waals surface area contributed by atoms with Crippen LogP contribution in [-0.2, 0) is 11.2 Å². The van der Waals surface area contributed by atoms with Crippen LogP contribution in [0.4, 0.5) is 0 Å². The minimum absolute atomic E-state index is 0.143. The first-order valence-electron chi connectivity index (χ1n) is 5.60. The van der Waals surface area contributed by atoms with Crippen molar-refractivity contribution in [3.8, 4) is 5.75 Å². The first kappa shape index (κ1) is 10.9. The highest BCUT2D eigenvalue weighted by atomic mass is 16.5. The molecule has 0 saturated heterocycles. The van der Waals surface area contributed by atoms with Crippen LogP contribution < -0.4 is 4.74 Å². The zero-order valence-electron chi connectivity index (χ0n) is 9.96. The number of hydrogen-bond donors (Lipinski definition) is 0. The van der Waals surface area contributed by atoms with Crippen LogP contribution in [0.15, 0.2) is 23.8 Å². The molecule has 0 radical (unpaired) electrons. The van der Waals surface area contributed by atoms with Crippen LogP contribution in [0.1, 0.15) is 31.9 Å². The fraction of sp³-hybridized carbons (Fsp3) is 0.357. The van der Waals surface area contributed by atoms with Crippen molar-refractivity contribution in [3.05, 3.63) is 34.9 Å². The van der Waals surface area contributed by atoms with E-state index in [0.29, 0.717) is 6.61 Å². The Kier molecular flexibility index (Phi) is 2.82. The zero-order chi connectivity index (χ0) is 11.7. The number of ketones is 1. The van der Waals surface area contributed by atoms with Crippen LogP contribution in [0.5, 0.6) is 5.75 Å². The standard InChI is InChI=1S/C14H16O2/c1-4-16-12-6-5-11-7-9(2)14(10(3)15)13(11)8-12/h5-6,8H,4,7H2,1-3H3. The molecule has 1 aromatic carbocycles. The Labute approximate surface area is 95.9 Å². The summed E-state index contributed by atoms with van der Waals surface area (Å²) >= 11 is 0. The molecule has 0 fully saturated rings. The van der Waals surface area contributed by atoms with E-state index in [1.54, 1.807) is 6.92 Å². The summed E-state index contributed by atoms with van der Waals surface area (Å²) in [4.78, 5) is 11.6. The van der Waals surface area contributed by atoms with Crippen LogP contribution in [0.25, 0.3) is 5.57 Å². The minimum atomic E-state index is 0.143. The highest BCUT2D eigenvalue weighted by Crippen LogP contribution is 2.35. The van der Waals surface area contributed by atoms with Crippen LogP contribution in [0.3, 0.4) is 0 Å². The predicted octanol–water partition coefficient (Wildman–Crippen LogP) is 3.00. The lowest BCUT2D eigenvalue weighted by molar-refractivity contribution is -0.111. The van der Waals surface area contributed by atoms with Gasteiger partial charge < -0.3 is 4.74 Å². The second-order valence-corrected chi connectivity index (χ2v) is 4.14. The van der Waals surface area contributed by atoms with Gasteiger partial charge >= 0.3 is 0 Å². The van der Waals surface area contributed by atoms with E-state index < -0.39 is 0 Å². The van der Waals surface area contributed by atoms with Gasteiger partial charge in [-0.1, -0.05) is 11.6 Å². The Bertz CT molecular complexity index is 470. The van der Waals surface area contributed by atoms with Gasteiger partial charge in [-0.2, -0.15) is 0 Å². The van der Waals surface area contributed by atoms with E-state index in [2.05, 4.69) is 6.07 Å². The molecule has 0 atom stereocenters. The largest absolute Gasteiger partial charge is 0.494 e. The van der Waals surface area contributed by atoms with Gasteiger partial charge in [0, 0.05) is 5.57 Å². The summed E-state index contributed by atoms with van der Waals surface area (Å²) in [5.41, 5.74) is 4.31. The van der Waals surface area contributed by atoms with Gasteiger partial charge in [0.05, 0.1) is 6.61 Å². The Morgan fingerprint density at radius 1 is 1.44 bits per heavy atom. The number of benzene rings is 1. The number of ether oxygens (including phenoxy) is 1. The van der Waals surface area contributed by atoms with Crippen LogP contribution in [-0.4, -0.2) is 12.4 Å². The topological polar surface area (TPSA) is 26.3 Å². The Morgan fingerprint density at radius 2 is 2.19 bits per heavy atom. The number of carbonyl (C=O) groups is 1. The number of carbonyl (C=O) groups excluding carboxylic acids is 1. The fourth-order valence-corrected chi connectivity index (χ4v) is 2.29. The second-order valence-electron chi connectivity index (χ2n) is 4.14. The average Bonchev–Trinajstić information content (AvgIpc) is 2.53. The molecule has 84 valence electrons. The molecule has 0 bridgehead atoms. The first-order valence-corrected chi connectivity index (χ1v) is 5.60. The molecule has 2 nitrogen and oxygen atoms in total. The van der Waals surface area contributed by atoms with Gasteiger partial charge in [-0.15, -0.1) is 0 Å². The van der Waals surface area contributed by atoms with Crippen molar-refractivity contribution in [2.45, 2.75) is 27.2 Å². The molecule has 0 aliphatic heterocycles. The maximum Gasteiger partial charge on any atom is 0.160 e. The van der Waals surface area contributed by atoms with Crippen molar-refractivity contribution in [1.29, 1.82) is 0 Å². The Hall–Kier alpha value is -1.57. The van der Waals surface area contributed by atoms with Crippen LogP contribution >= 0.6 is 0 Å². The summed E-state index contributed by atoms with van der Waals surface area (Å²) in [5, 5.41) is 0. The number of Topliss-reactive ketones (excluding diaryl/α,β-unsaturated/α-hetero) is 1. The van der Waals surface area contributed by atoms with E-state index in [4.69, 9.17) is 4.74 Å². The van der Waals surface area contributed by atoms with Crippen molar-refractivity contribution >= 4 is 11.4 Å². The number of rotatable bonds is 3. The molecule has 0 amide bonds. The van der Waals surface area contributed by atoms with E-state index in [-0.39, 0.29) is 5.78 Å². The molecule has 0 spiro atoms. The normalized spacial score (nSPS) is 13.9. The number of allylic oxidation sites excluding steroid dienone is 2. The fourth-order valence-electron chi connectivity index (χ4n) is 2.29. The van der Waals surface area contributed by atoms with Crippen LogP contribution in [0.2, 0.25) is 0 Å². The summed E-state index contributed by atoms with van der Waals surface area (Å²) in [5.74, 6) is 0.986. The van der Waals surface area contributed by atoms with Gasteiger partial charge in [-0.05, 0) is 50.5 Å². The third kappa shape index (κ3) is 1.75. The molecule has 1 aliphatic rings. The third-order valence-corrected chi connectivity index (χ3v) is 2.90. The third-order valence-electron chi connectivity index (χ3n) is 2.90. The van der Waals surface area contributed by atoms with Crippen molar-refractivity contribution in [1.82, 2.24) is 0 Å². The summed E-state index contributed by atoms with van der Waals surface area (Å²) < 4.78 is 5.46. The van der Waals surface area contributed by atoms with E-state index in [0.717, 1.165) is 28.9 Å². The molecule has 0 unspecified atom stereocenters. The molecule has 1 aliphatic carbocycles. The van der Waals surface area contributed by atoms with Crippen LogP contribution in [0, 0.1) is 0 Å². The maximum atomic E-state index is 11.6. The molecule has 1 aromatic rings. The molecule has 0 aromatic heterocycles. The summed E-state index contributed by atoms with van der Waals surface area (Å²) in [6, 6.07) is 6.00. The van der Waals surface area contributed by atoms with E-state index >= 15 is 0 Å². The van der Waals surface area contributed by atoms with Gasteiger partial charge in [0.25, 0.3) is 0 Å². The van der Waals surface area contributed by atoms with E-state index in [9.17, 15) is 4.79 Å². The van der Waals surface area contributed by atoms with Crippen molar-refractivity contribution in [2.75, 3.05) is 6.61 Å². The summed E-state index contributed by atoms with van der Waals surface area (Å²) in [6.07, 6.45) is 0.886. The molecule has 0 saturated carbocycles. The maximum absolute atomic E-state index is 11.6. The molecular weight excluding hydrogens is 200 g/mol. The van der Waals surface area contributed by atoms with Gasteiger partial charge in [0.1, 0.15) is 5.75 Å². The zero-order valence-corrected chi connectivity index (χ0v) is 9.96. The molecule has 0 N–H and O–H groups in total. The molecule has 2 heteroatoms. The molecular formula is C14H16O2. The highest BCUT2D eigenvalue weighted by Gasteiger charge is 2.22. The Morgan fingerprint density at radius 3 is 2.81 bits per heavy atom. The molecule has 0 heterocycles. The SMILES string of the molecule is CCOc1ccc2c(c1)C(C(C)=O)=C(C)C2. The van der Waals surface area contributed by atoms with E-state index in [1.165, 1.54) is 5.56 Å². The average molecular weight is 216 g/mol. The van der Waals surface area contributed by atoms with Crippen molar-refractivity contribution < 1.29 is 9.53 Å². The van der Waals surface area contributed by atoms with E-state index in [1.807, 2.05) is 26.0 Å². The monoisotopic (exact) mass is 216 g/mol. The van der Waals surface area contributed by atoms with Gasteiger partial charge in [0.2, 0.25) is 0 Å². The highest BCUT2D eigenvalue weighted by molar-refractivity contribution is 6.22. The van der Waals surface area contributed by atoms with Crippen molar-refractivity contribution in [2.24, 2.45) is 0 Å².